The van der Waals surface area contributed by atoms with Crippen molar-refractivity contribution in [1.29, 1.82) is 0 Å². The second-order valence-electron chi connectivity index (χ2n) is 3.35. The van der Waals surface area contributed by atoms with E-state index in [4.69, 9.17) is 5.11 Å². The third kappa shape index (κ3) is 2.91. The molecule has 0 amide bonds. The van der Waals surface area contributed by atoms with E-state index in [0.29, 0.717) is 0 Å². The summed E-state index contributed by atoms with van der Waals surface area (Å²) in [7, 11) is 3.54. The first-order valence-corrected chi connectivity index (χ1v) is 4.59. The van der Waals surface area contributed by atoms with E-state index >= 15 is 0 Å². The lowest BCUT2D eigenvalue weighted by atomic mass is 10.1. The molecule has 1 aromatic heterocycles. The number of carbonyl (C=O) groups is 2. The zero-order valence-corrected chi connectivity index (χ0v) is 9.04. The molecule has 0 saturated carbocycles. The van der Waals surface area contributed by atoms with Crippen molar-refractivity contribution in [2.45, 2.75) is 0 Å². The molecular formula is C11H12N2O3. The minimum Gasteiger partial charge on any atom is -0.476 e. The fraction of sp³-hybridized carbons (Fsp3) is 0.182. The van der Waals surface area contributed by atoms with E-state index in [-0.39, 0.29) is 17.0 Å². The number of ketones is 1. The second kappa shape index (κ2) is 5.06. The van der Waals surface area contributed by atoms with Crippen molar-refractivity contribution in [3.63, 3.8) is 0 Å². The topological polar surface area (TPSA) is 70.5 Å². The number of pyridine rings is 1. The van der Waals surface area contributed by atoms with E-state index in [2.05, 4.69) is 4.98 Å². The molecule has 0 aliphatic carbocycles. The maximum atomic E-state index is 11.7. The molecule has 84 valence electrons. The predicted molar refractivity (Wildman–Crippen MR) is 58.4 cm³/mol. The molecule has 0 aromatic carbocycles. The molecule has 0 unspecified atom stereocenters. The van der Waals surface area contributed by atoms with Gasteiger partial charge in [0.2, 0.25) is 0 Å². The zero-order chi connectivity index (χ0) is 12.1. The summed E-state index contributed by atoms with van der Waals surface area (Å²) >= 11 is 0. The Kier molecular flexibility index (Phi) is 3.77. The Morgan fingerprint density at radius 2 is 2.12 bits per heavy atom. The molecule has 1 N–H and O–H groups in total. The minimum atomic E-state index is -1.21. The smallest absolute Gasteiger partial charge is 0.355 e. The van der Waals surface area contributed by atoms with E-state index < -0.39 is 5.97 Å². The van der Waals surface area contributed by atoms with Gasteiger partial charge in [-0.15, -0.1) is 0 Å². The Bertz CT molecular complexity index is 439. The van der Waals surface area contributed by atoms with Crippen LogP contribution in [0.3, 0.4) is 0 Å². The van der Waals surface area contributed by atoms with Gasteiger partial charge < -0.3 is 10.0 Å². The Balaban J connectivity index is 3.04. The molecule has 1 rings (SSSR count). The predicted octanol–water partition coefficient (Wildman–Crippen LogP) is 1.04. The second-order valence-corrected chi connectivity index (χ2v) is 3.35. The monoisotopic (exact) mass is 220 g/mol. The van der Waals surface area contributed by atoms with Crippen LogP contribution in [0.4, 0.5) is 0 Å². The Hall–Kier alpha value is -2.17. The van der Waals surface area contributed by atoms with Gasteiger partial charge in [-0.05, 0) is 12.1 Å². The number of rotatable bonds is 4. The first kappa shape index (κ1) is 11.9. The average molecular weight is 220 g/mol. The average Bonchev–Trinajstić information content (AvgIpc) is 2.25. The number of nitrogens with zero attached hydrogens (tertiary/aromatic N) is 2. The van der Waals surface area contributed by atoms with Gasteiger partial charge in [0.25, 0.3) is 0 Å². The van der Waals surface area contributed by atoms with Crippen LogP contribution in [-0.2, 0) is 0 Å². The third-order valence-electron chi connectivity index (χ3n) is 1.80. The largest absolute Gasteiger partial charge is 0.476 e. The summed E-state index contributed by atoms with van der Waals surface area (Å²) in [5, 5.41) is 8.84. The highest BCUT2D eigenvalue weighted by Gasteiger charge is 2.15. The van der Waals surface area contributed by atoms with Crippen molar-refractivity contribution in [2.24, 2.45) is 0 Å². The molecule has 0 aliphatic rings. The maximum absolute atomic E-state index is 11.7. The molecule has 0 spiro atoms. The highest BCUT2D eigenvalue weighted by atomic mass is 16.4. The first-order chi connectivity index (χ1) is 7.52. The summed E-state index contributed by atoms with van der Waals surface area (Å²) in [4.78, 5) is 27.8. The van der Waals surface area contributed by atoms with Crippen LogP contribution in [0.1, 0.15) is 20.8 Å². The van der Waals surface area contributed by atoms with Crippen LogP contribution < -0.4 is 0 Å². The summed E-state index contributed by atoms with van der Waals surface area (Å²) in [5.41, 5.74) is -0.135. The van der Waals surface area contributed by atoms with Gasteiger partial charge in [-0.25, -0.2) is 9.78 Å². The van der Waals surface area contributed by atoms with Crippen LogP contribution in [0.15, 0.2) is 30.6 Å². The Morgan fingerprint density at radius 3 is 2.69 bits per heavy atom. The molecule has 0 atom stereocenters. The van der Waals surface area contributed by atoms with Crippen LogP contribution in [0.5, 0.6) is 0 Å². The van der Waals surface area contributed by atoms with Gasteiger partial charge in [-0.2, -0.15) is 0 Å². The van der Waals surface area contributed by atoms with Crippen LogP contribution in [0.2, 0.25) is 0 Å². The molecule has 0 aliphatic heterocycles. The van der Waals surface area contributed by atoms with Crippen LogP contribution in [0, 0.1) is 0 Å². The minimum absolute atomic E-state index is 0.0908. The number of aromatic carboxylic acids is 1. The van der Waals surface area contributed by atoms with Crippen molar-refractivity contribution < 1.29 is 14.7 Å². The third-order valence-corrected chi connectivity index (χ3v) is 1.80. The quantitative estimate of drug-likeness (QED) is 0.606. The highest BCUT2D eigenvalue weighted by Crippen LogP contribution is 2.07. The van der Waals surface area contributed by atoms with Gasteiger partial charge in [0, 0.05) is 32.6 Å². The van der Waals surface area contributed by atoms with Gasteiger partial charge in [0.15, 0.2) is 11.5 Å². The molecule has 0 saturated heterocycles. The van der Waals surface area contributed by atoms with Crippen molar-refractivity contribution in [3.8, 4) is 0 Å². The molecule has 0 fully saturated rings. The number of hydrogen-bond donors (Lipinski definition) is 1. The molecule has 1 aromatic rings. The van der Waals surface area contributed by atoms with E-state index in [1.54, 1.807) is 25.2 Å². The van der Waals surface area contributed by atoms with Gasteiger partial charge in [-0.3, -0.25) is 4.79 Å². The lowest BCUT2D eigenvalue weighted by Crippen LogP contribution is -2.10. The molecule has 0 radical (unpaired) electrons. The lowest BCUT2D eigenvalue weighted by Gasteiger charge is -2.04. The maximum Gasteiger partial charge on any atom is 0.355 e. The zero-order valence-electron chi connectivity index (χ0n) is 9.04. The lowest BCUT2D eigenvalue weighted by molar-refractivity contribution is 0.0686. The van der Waals surface area contributed by atoms with Gasteiger partial charge in [0.05, 0.1) is 5.56 Å². The summed E-state index contributed by atoms with van der Waals surface area (Å²) < 4.78 is 0. The van der Waals surface area contributed by atoms with Gasteiger partial charge >= 0.3 is 5.97 Å². The number of carboxylic acid groups (broad SMARTS) is 1. The van der Waals surface area contributed by atoms with E-state index in [1.807, 2.05) is 0 Å². The van der Waals surface area contributed by atoms with Crippen molar-refractivity contribution in [2.75, 3.05) is 14.1 Å². The number of carbonyl (C=O) groups excluding carboxylic acids is 1. The van der Waals surface area contributed by atoms with Crippen LogP contribution in [0.25, 0.3) is 0 Å². The molecule has 16 heavy (non-hydrogen) atoms. The summed E-state index contributed by atoms with van der Waals surface area (Å²) in [6, 6.07) is 2.97. The van der Waals surface area contributed by atoms with Crippen molar-refractivity contribution >= 4 is 11.8 Å². The molecule has 0 bridgehead atoms. The molecule has 5 nitrogen and oxygen atoms in total. The summed E-state index contributed by atoms with van der Waals surface area (Å²) in [6.07, 6.45) is 4.21. The molecule has 5 heteroatoms. The number of carboxylic acids is 1. The van der Waals surface area contributed by atoms with Crippen molar-refractivity contribution in [3.05, 3.63) is 41.9 Å². The summed E-state index contributed by atoms with van der Waals surface area (Å²) in [6.45, 7) is 0. The Labute approximate surface area is 93.0 Å². The standard InChI is InChI=1S/C11H12N2O3/c1-13(2)7-5-9(14)8-4-3-6-12-10(8)11(15)16/h3-7H,1-2H3,(H,15,16). The number of aromatic nitrogens is 1. The van der Waals surface area contributed by atoms with Crippen molar-refractivity contribution in [1.82, 2.24) is 9.88 Å². The Morgan fingerprint density at radius 1 is 1.44 bits per heavy atom. The van der Waals surface area contributed by atoms with E-state index in [1.165, 1.54) is 24.4 Å². The molecule has 1 heterocycles. The fourth-order valence-electron chi connectivity index (χ4n) is 1.08. The summed E-state index contributed by atoms with van der Waals surface area (Å²) in [5.74, 6) is -1.58. The number of hydrogen-bond acceptors (Lipinski definition) is 4. The molecular weight excluding hydrogens is 208 g/mol. The number of allylic oxidation sites excluding steroid dienone is 1. The van der Waals surface area contributed by atoms with Crippen LogP contribution >= 0.6 is 0 Å². The van der Waals surface area contributed by atoms with Crippen LogP contribution in [-0.4, -0.2) is 40.8 Å². The SMILES string of the molecule is CN(C)C=CC(=O)c1cccnc1C(=O)O. The fourth-order valence-corrected chi connectivity index (χ4v) is 1.08. The van der Waals surface area contributed by atoms with E-state index in [9.17, 15) is 9.59 Å². The van der Waals surface area contributed by atoms with Gasteiger partial charge in [-0.1, -0.05) is 0 Å². The normalized spacial score (nSPS) is 10.4. The highest BCUT2D eigenvalue weighted by molar-refractivity contribution is 6.10. The van der Waals surface area contributed by atoms with Gasteiger partial charge in [0.1, 0.15) is 0 Å². The van der Waals surface area contributed by atoms with E-state index in [0.717, 1.165) is 0 Å². The first-order valence-electron chi connectivity index (χ1n) is 4.59.